The number of nitrogens with one attached hydrogen (secondary N) is 1. The number of hydrogen-bond donors (Lipinski definition) is 1. The van der Waals surface area contributed by atoms with Crippen LogP contribution in [0.15, 0.2) is 70.9 Å². The molecular formula is C29H31N5O6S. The second-order valence-electron chi connectivity index (χ2n) is 8.48. The summed E-state index contributed by atoms with van der Waals surface area (Å²) in [4.78, 5) is 12.7. The number of nitrogens with zero attached hydrogens (tertiary/aromatic N) is 4. The van der Waals surface area contributed by atoms with E-state index in [0.29, 0.717) is 51.0 Å². The van der Waals surface area contributed by atoms with Crippen molar-refractivity contribution in [2.75, 3.05) is 41.3 Å². The van der Waals surface area contributed by atoms with Crippen LogP contribution in [0.3, 0.4) is 0 Å². The van der Waals surface area contributed by atoms with Gasteiger partial charge in [-0.05, 0) is 49.4 Å². The third kappa shape index (κ3) is 6.55. The van der Waals surface area contributed by atoms with E-state index in [4.69, 9.17) is 23.7 Å². The van der Waals surface area contributed by atoms with Gasteiger partial charge in [0.05, 0.1) is 47.0 Å². The molecule has 11 nitrogen and oxygen atoms in total. The van der Waals surface area contributed by atoms with Gasteiger partial charge in [0.15, 0.2) is 34.0 Å². The number of amides is 1. The van der Waals surface area contributed by atoms with E-state index in [2.05, 4.69) is 20.7 Å². The first-order chi connectivity index (χ1) is 19.9. The number of benzene rings is 3. The Morgan fingerprint density at radius 1 is 0.829 bits per heavy atom. The zero-order valence-corrected chi connectivity index (χ0v) is 24.4. The Labute approximate surface area is 242 Å². The standard InChI is InChI=1S/C29H31N5O6S/c1-18(19-12-13-22(36-2)23(14-19)37-3)30-31-26(35)17-41-29-33-32-28(34(29)21-10-8-7-9-11-21)20-15-24(38-4)27(40-6)25(16-20)39-5/h7-16H,17H2,1-6H3,(H,31,35)/b30-18-. The van der Waals surface area contributed by atoms with Crippen LogP contribution < -0.4 is 29.1 Å². The molecule has 12 heteroatoms. The lowest BCUT2D eigenvalue weighted by Gasteiger charge is -2.15. The minimum Gasteiger partial charge on any atom is -0.493 e. The highest BCUT2D eigenvalue weighted by Gasteiger charge is 2.21. The SMILES string of the molecule is COc1ccc(/C(C)=N\NC(=O)CSc2nnc(-c3cc(OC)c(OC)c(OC)c3)n2-c2ccccc2)cc1OC. The Morgan fingerprint density at radius 2 is 1.49 bits per heavy atom. The van der Waals surface area contributed by atoms with Crippen LogP contribution in [0.5, 0.6) is 28.7 Å². The number of carbonyl (C=O) groups excluding carboxylic acids is 1. The molecule has 0 unspecified atom stereocenters. The minimum absolute atomic E-state index is 0.0585. The fourth-order valence-corrected chi connectivity index (χ4v) is 4.75. The number of carbonyl (C=O) groups is 1. The third-order valence-electron chi connectivity index (χ3n) is 6.05. The van der Waals surface area contributed by atoms with Gasteiger partial charge in [0.25, 0.3) is 5.91 Å². The molecule has 41 heavy (non-hydrogen) atoms. The molecule has 0 fully saturated rings. The third-order valence-corrected chi connectivity index (χ3v) is 6.98. The zero-order chi connectivity index (χ0) is 29.4. The van der Waals surface area contributed by atoms with Gasteiger partial charge in [-0.15, -0.1) is 10.2 Å². The van der Waals surface area contributed by atoms with Gasteiger partial charge in [0.1, 0.15) is 0 Å². The van der Waals surface area contributed by atoms with Gasteiger partial charge in [-0.3, -0.25) is 9.36 Å². The van der Waals surface area contributed by atoms with Crippen molar-refractivity contribution in [1.82, 2.24) is 20.2 Å². The highest BCUT2D eigenvalue weighted by atomic mass is 32.2. The van der Waals surface area contributed by atoms with Crippen molar-refractivity contribution in [2.24, 2.45) is 5.10 Å². The van der Waals surface area contributed by atoms with Crippen LogP contribution in [0.4, 0.5) is 0 Å². The molecule has 0 aliphatic carbocycles. The summed E-state index contributed by atoms with van der Waals surface area (Å²) in [5, 5.41) is 13.6. The second-order valence-corrected chi connectivity index (χ2v) is 9.42. The molecule has 4 aromatic rings. The molecule has 4 rings (SSSR count). The summed E-state index contributed by atoms with van der Waals surface area (Å²) in [5.41, 5.74) is 5.53. The van der Waals surface area contributed by atoms with Gasteiger partial charge in [-0.25, -0.2) is 5.43 Å². The molecule has 0 aliphatic rings. The summed E-state index contributed by atoms with van der Waals surface area (Å²) in [6.45, 7) is 1.80. The van der Waals surface area contributed by atoms with E-state index in [0.717, 1.165) is 11.3 Å². The Morgan fingerprint density at radius 3 is 2.10 bits per heavy atom. The van der Waals surface area contributed by atoms with Gasteiger partial charge in [0, 0.05) is 16.8 Å². The number of hydrogen-bond acceptors (Lipinski definition) is 10. The van der Waals surface area contributed by atoms with Crippen molar-refractivity contribution in [3.05, 3.63) is 66.2 Å². The molecule has 0 atom stereocenters. The van der Waals surface area contributed by atoms with E-state index in [1.807, 2.05) is 41.0 Å². The lowest BCUT2D eigenvalue weighted by atomic mass is 10.1. The fourth-order valence-electron chi connectivity index (χ4n) is 4.00. The number of hydrazone groups is 1. The molecule has 214 valence electrons. The first-order valence-corrected chi connectivity index (χ1v) is 13.4. The van der Waals surface area contributed by atoms with Crippen LogP contribution in [0.25, 0.3) is 17.1 Å². The number of methoxy groups -OCH3 is 5. The van der Waals surface area contributed by atoms with Crippen LogP contribution in [0, 0.1) is 0 Å². The highest BCUT2D eigenvalue weighted by molar-refractivity contribution is 7.99. The van der Waals surface area contributed by atoms with E-state index in [-0.39, 0.29) is 11.7 Å². The van der Waals surface area contributed by atoms with Gasteiger partial charge in [0.2, 0.25) is 5.75 Å². The van der Waals surface area contributed by atoms with Gasteiger partial charge >= 0.3 is 0 Å². The molecule has 3 aromatic carbocycles. The predicted molar refractivity (Wildman–Crippen MR) is 157 cm³/mol. The summed E-state index contributed by atoms with van der Waals surface area (Å²) in [6, 6.07) is 18.7. The lowest BCUT2D eigenvalue weighted by Crippen LogP contribution is -2.21. The van der Waals surface area contributed by atoms with E-state index in [1.54, 1.807) is 66.7 Å². The molecule has 0 saturated heterocycles. The average molecular weight is 578 g/mol. The summed E-state index contributed by atoms with van der Waals surface area (Å²) in [7, 11) is 7.79. The molecule has 1 amide bonds. The number of thioether (sulfide) groups is 1. The predicted octanol–water partition coefficient (Wildman–Crippen LogP) is 4.61. The van der Waals surface area contributed by atoms with Crippen molar-refractivity contribution < 1.29 is 28.5 Å². The number of aromatic nitrogens is 3. The van der Waals surface area contributed by atoms with Crippen LogP contribution in [-0.4, -0.2) is 67.7 Å². The summed E-state index contributed by atoms with van der Waals surface area (Å²) in [5.74, 6) is 2.93. The maximum Gasteiger partial charge on any atom is 0.250 e. The Hall–Kier alpha value is -4.71. The van der Waals surface area contributed by atoms with Gasteiger partial charge < -0.3 is 23.7 Å². The lowest BCUT2D eigenvalue weighted by molar-refractivity contribution is -0.118. The fraction of sp³-hybridized carbons (Fsp3) is 0.241. The molecule has 0 radical (unpaired) electrons. The summed E-state index contributed by atoms with van der Waals surface area (Å²) in [6.07, 6.45) is 0. The largest absolute Gasteiger partial charge is 0.493 e. The van der Waals surface area contributed by atoms with Crippen LogP contribution in [0.1, 0.15) is 12.5 Å². The minimum atomic E-state index is -0.299. The Bertz CT molecular complexity index is 1520. The van der Waals surface area contributed by atoms with Crippen LogP contribution in [0.2, 0.25) is 0 Å². The maximum absolute atomic E-state index is 12.7. The van der Waals surface area contributed by atoms with Crippen LogP contribution >= 0.6 is 11.8 Å². The molecule has 0 bridgehead atoms. The first kappa shape index (κ1) is 29.3. The maximum atomic E-state index is 12.7. The number of rotatable bonds is 12. The van der Waals surface area contributed by atoms with Crippen molar-refractivity contribution in [1.29, 1.82) is 0 Å². The quantitative estimate of drug-likeness (QED) is 0.146. The van der Waals surface area contributed by atoms with Crippen molar-refractivity contribution in [3.63, 3.8) is 0 Å². The molecular weight excluding hydrogens is 546 g/mol. The van der Waals surface area contributed by atoms with Crippen LogP contribution in [-0.2, 0) is 4.79 Å². The van der Waals surface area contributed by atoms with E-state index < -0.39 is 0 Å². The van der Waals surface area contributed by atoms with Crippen molar-refractivity contribution in [3.8, 4) is 45.8 Å². The molecule has 1 N–H and O–H groups in total. The van der Waals surface area contributed by atoms with Gasteiger partial charge in [-0.2, -0.15) is 5.10 Å². The van der Waals surface area contributed by atoms with Crippen molar-refractivity contribution >= 4 is 23.4 Å². The van der Waals surface area contributed by atoms with E-state index in [1.165, 1.54) is 11.8 Å². The monoisotopic (exact) mass is 577 g/mol. The normalized spacial score (nSPS) is 11.1. The van der Waals surface area contributed by atoms with Crippen molar-refractivity contribution in [2.45, 2.75) is 12.1 Å². The topological polar surface area (TPSA) is 118 Å². The van der Waals surface area contributed by atoms with E-state index in [9.17, 15) is 4.79 Å². The zero-order valence-electron chi connectivity index (χ0n) is 23.6. The Kier molecular flexibility index (Phi) is 9.69. The summed E-state index contributed by atoms with van der Waals surface area (Å²) >= 11 is 1.24. The molecule has 0 saturated carbocycles. The second kappa shape index (κ2) is 13.6. The smallest absolute Gasteiger partial charge is 0.250 e. The molecule has 1 heterocycles. The first-order valence-electron chi connectivity index (χ1n) is 12.4. The molecule has 1 aromatic heterocycles. The molecule has 0 aliphatic heterocycles. The number of ether oxygens (including phenoxy) is 5. The van der Waals surface area contributed by atoms with E-state index >= 15 is 0 Å². The summed E-state index contributed by atoms with van der Waals surface area (Å²) < 4.78 is 29.0. The highest BCUT2D eigenvalue weighted by Crippen LogP contribution is 2.41. The van der Waals surface area contributed by atoms with Gasteiger partial charge in [-0.1, -0.05) is 30.0 Å². The number of para-hydroxylation sites is 1. The average Bonchev–Trinajstić information content (AvgIpc) is 3.45. The Balaban J connectivity index is 1.58. The molecule has 0 spiro atoms.